The first-order chi connectivity index (χ1) is 6.43. The summed E-state index contributed by atoms with van der Waals surface area (Å²) in [5, 5.41) is 0. The van der Waals surface area contributed by atoms with Crippen LogP contribution in [0.25, 0.3) is 0 Å². The fourth-order valence-corrected chi connectivity index (χ4v) is 3.28. The van der Waals surface area contributed by atoms with Crippen LogP contribution in [0, 0.1) is 0 Å². The molecule has 0 aromatic heterocycles. The smallest absolute Gasteiger partial charge is 0.153 e. The summed E-state index contributed by atoms with van der Waals surface area (Å²) >= 11 is 0.193. The number of unbranched alkanes of at least 4 members (excludes halogenated alkanes) is 2. The Bertz CT molecular complexity index is 216. The molecule has 0 spiro atoms. The van der Waals surface area contributed by atoms with E-state index in [1.54, 1.807) is 5.56 Å². The number of benzene rings is 1. The van der Waals surface area contributed by atoms with Gasteiger partial charge in [0.2, 0.25) is 0 Å². The molecule has 1 rings (SSSR count). The molecule has 0 N–H and O–H groups in total. The molecule has 0 saturated carbocycles. The van der Waals surface area contributed by atoms with E-state index in [-0.39, 0.29) is 42.7 Å². The first kappa shape index (κ1) is 18.1. The van der Waals surface area contributed by atoms with Gasteiger partial charge in [0.05, 0.1) is 0 Å². The largest absolute Gasteiger partial charge is 0.370 e. The van der Waals surface area contributed by atoms with Crippen LogP contribution in [0.5, 0.6) is 0 Å². The SMILES string of the molecule is CCCC[CH2][Mg][CH2]c1ccccc1.Cl.P. The van der Waals surface area contributed by atoms with Crippen LogP contribution in [-0.4, -0.2) is 20.4 Å². The van der Waals surface area contributed by atoms with Gasteiger partial charge in [0.15, 0.2) is 0 Å². The predicted molar refractivity (Wildman–Crippen MR) is 78.6 cm³/mol. The van der Waals surface area contributed by atoms with Crippen LogP contribution in [0.4, 0.5) is 0 Å². The summed E-state index contributed by atoms with van der Waals surface area (Å²) < 4.78 is 2.92. The molecule has 3 heteroatoms. The first-order valence-corrected chi connectivity index (χ1v) is 7.47. The Morgan fingerprint density at radius 3 is 2.33 bits per heavy atom. The monoisotopic (exact) mass is 256 g/mol. The van der Waals surface area contributed by atoms with Crippen LogP contribution in [0.2, 0.25) is 4.55 Å². The second-order valence-electron chi connectivity index (χ2n) is 3.65. The van der Waals surface area contributed by atoms with E-state index in [4.69, 9.17) is 0 Å². The molecule has 0 amide bonds. The Balaban J connectivity index is 0. The Labute approximate surface area is 113 Å². The van der Waals surface area contributed by atoms with E-state index in [1.165, 1.54) is 28.4 Å². The van der Waals surface area contributed by atoms with E-state index >= 15 is 0 Å². The molecule has 0 aliphatic rings. The van der Waals surface area contributed by atoms with Crippen LogP contribution in [0.15, 0.2) is 30.3 Å². The van der Waals surface area contributed by atoms with Crippen molar-refractivity contribution in [2.45, 2.75) is 35.3 Å². The Morgan fingerprint density at radius 1 is 1.07 bits per heavy atom. The lowest BCUT2D eigenvalue weighted by atomic mass is 10.2. The zero-order valence-corrected chi connectivity index (χ0v) is 13.4. The summed E-state index contributed by atoms with van der Waals surface area (Å²) in [5.74, 6) is 0. The molecular weight excluding hydrogens is 235 g/mol. The molecule has 0 heterocycles. The van der Waals surface area contributed by atoms with Gasteiger partial charge in [0, 0.05) is 0 Å². The highest BCUT2D eigenvalue weighted by Gasteiger charge is 1.96. The number of rotatable bonds is 6. The number of hydrogen-bond acceptors (Lipinski definition) is 0. The summed E-state index contributed by atoms with van der Waals surface area (Å²) in [6, 6.07) is 10.9. The molecule has 0 bridgehead atoms. The van der Waals surface area contributed by atoms with Crippen molar-refractivity contribution in [2.24, 2.45) is 0 Å². The number of halogens is 1. The van der Waals surface area contributed by atoms with Gasteiger partial charge in [-0.05, 0) is 0 Å². The van der Waals surface area contributed by atoms with Crippen LogP contribution in [0.3, 0.4) is 0 Å². The van der Waals surface area contributed by atoms with Crippen molar-refractivity contribution in [3.63, 3.8) is 0 Å². The van der Waals surface area contributed by atoms with Crippen molar-refractivity contribution < 1.29 is 0 Å². The van der Waals surface area contributed by atoms with E-state index in [2.05, 4.69) is 37.3 Å². The van der Waals surface area contributed by atoms with Gasteiger partial charge < -0.3 is 0 Å². The van der Waals surface area contributed by atoms with Crippen molar-refractivity contribution in [3.05, 3.63) is 35.9 Å². The van der Waals surface area contributed by atoms with Crippen molar-refractivity contribution >= 4 is 42.7 Å². The molecule has 0 aliphatic heterocycles. The molecule has 0 nitrogen and oxygen atoms in total. The Hall–Kier alpha value is 0.706. The molecule has 1 unspecified atom stereocenters. The van der Waals surface area contributed by atoms with Gasteiger partial charge in [0.25, 0.3) is 0 Å². The first-order valence-electron chi connectivity index (χ1n) is 5.47. The molecule has 0 fully saturated rings. The molecule has 0 aliphatic carbocycles. The second kappa shape index (κ2) is 12.8. The van der Waals surface area contributed by atoms with Crippen molar-refractivity contribution in [2.75, 3.05) is 0 Å². The summed E-state index contributed by atoms with van der Waals surface area (Å²) in [4.78, 5) is 0. The molecule has 0 radical (unpaired) electrons. The minimum Gasteiger partial charge on any atom is -0.153 e. The lowest BCUT2D eigenvalue weighted by Gasteiger charge is -1.98. The van der Waals surface area contributed by atoms with Gasteiger partial charge in [-0.2, -0.15) is 9.90 Å². The van der Waals surface area contributed by atoms with Crippen LogP contribution in [0.1, 0.15) is 31.7 Å². The fourth-order valence-electron chi connectivity index (χ4n) is 1.58. The zero-order chi connectivity index (χ0) is 9.36. The quantitative estimate of drug-likeness (QED) is 0.410. The maximum atomic E-state index is 2.28. The van der Waals surface area contributed by atoms with Gasteiger partial charge in [0.1, 0.15) is 0 Å². The van der Waals surface area contributed by atoms with Crippen LogP contribution in [-0.2, 0) is 4.55 Å². The molecule has 0 saturated heterocycles. The van der Waals surface area contributed by atoms with Crippen molar-refractivity contribution in [1.29, 1.82) is 0 Å². The average Bonchev–Trinajstić information content (AvgIpc) is 2.19. The van der Waals surface area contributed by atoms with E-state index in [1.807, 2.05) is 0 Å². The average molecular weight is 257 g/mol. The molecule has 1 atom stereocenters. The molecule has 1 aromatic carbocycles. The van der Waals surface area contributed by atoms with Gasteiger partial charge in [-0.3, -0.25) is 0 Å². The minimum absolute atomic E-state index is 0. The van der Waals surface area contributed by atoms with Crippen molar-refractivity contribution in [3.8, 4) is 0 Å². The lowest BCUT2D eigenvalue weighted by molar-refractivity contribution is 0.768. The topological polar surface area (TPSA) is 0 Å². The van der Waals surface area contributed by atoms with Crippen molar-refractivity contribution in [1.82, 2.24) is 0 Å². The second-order valence-corrected chi connectivity index (χ2v) is 5.56. The third-order valence-corrected chi connectivity index (χ3v) is 4.34. The van der Waals surface area contributed by atoms with E-state index in [0.29, 0.717) is 0 Å². The maximum Gasteiger partial charge on any atom is 0.370 e. The number of hydrogen-bond donors (Lipinski definition) is 0. The van der Waals surface area contributed by atoms with Gasteiger partial charge in [-0.1, -0.05) is 62.1 Å². The highest BCUT2D eigenvalue weighted by atomic mass is 35.5. The lowest BCUT2D eigenvalue weighted by Crippen LogP contribution is -1.95. The zero-order valence-electron chi connectivity index (χ0n) is 9.74. The highest BCUT2D eigenvalue weighted by molar-refractivity contribution is 6.92. The predicted octanol–water partition coefficient (Wildman–Crippen LogP) is 3.98. The standard InChI is InChI=1S/C7H7.C5H11.ClH.Mg.H3P/c1-7-5-3-2-4-6-7;1-3-5-4-2;;;/h2-6H,1H2;1,3-5H2,2H3;1H;;1H3. The molecular formula is C12H22ClMgP. The molecule has 1 aromatic rings. The Kier molecular flexibility index (Phi) is 15.4. The van der Waals surface area contributed by atoms with E-state index in [0.717, 1.165) is 0 Å². The van der Waals surface area contributed by atoms with E-state index < -0.39 is 0 Å². The maximum absolute atomic E-state index is 2.28. The van der Waals surface area contributed by atoms with Gasteiger partial charge >= 0.3 is 20.4 Å². The Morgan fingerprint density at radius 2 is 1.73 bits per heavy atom. The highest BCUT2D eigenvalue weighted by Crippen LogP contribution is 2.03. The third-order valence-electron chi connectivity index (χ3n) is 2.41. The summed E-state index contributed by atoms with van der Waals surface area (Å²) in [6.07, 6.45) is 4.26. The summed E-state index contributed by atoms with van der Waals surface area (Å²) in [6.45, 7) is 2.28. The van der Waals surface area contributed by atoms with Crippen LogP contribution < -0.4 is 0 Å². The summed E-state index contributed by atoms with van der Waals surface area (Å²) in [7, 11) is 0. The van der Waals surface area contributed by atoms with Crippen LogP contribution >= 0.6 is 22.3 Å². The minimum atomic E-state index is 0. The summed E-state index contributed by atoms with van der Waals surface area (Å²) in [5.41, 5.74) is 1.55. The fraction of sp³-hybridized carbons (Fsp3) is 0.500. The van der Waals surface area contributed by atoms with Gasteiger partial charge in [-0.15, -0.1) is 21.5 Å². The van der Waals surface area contributed by atoms with E-state index in [9.17, 15) is 0 Å². The molecule has 15 heavy (non-hydrogen) atoms. The third kappa shape index (κ3) is 9.62. The normalized spacial score (nSPS) is 8.33. The van der Waals surface area contributed by atoms with Gasteiger partial charge in [-0.25, -0.2) is 0 Å². The molecule has 84 valence electrons.